The van der Waals surface area contributed by atoms with E-state index in [1.165, 1.54) is 28.6 Å². The quantitative estimate of drug-likeness (QED) is 0.396. The van der Waals surface area contributed by atoms with Crippen LogP contribution in [0.2, 0.25) is 0 Å². The smallest absolute Gasteiger partial charge is 0.255 e. The Hall–Kier alpha value is -3.93. The van der Waals surface area contributed by atoms with Gasteiger partial charge in [-0.2, -0.15) is 4.31 Å². The van der Waals surface area contributed by atoms with E-state index in [0.717, 1.165) is 5.56 Å². The van der Waals surface area contributed by atoms with E-state index in [9.17, 15) is 18.0 Å². The number of ether oxygens (including phenoxy) is 3. The number of hydrogen-bond donors (Lipinski definition) is 2. The maximum Gasteiger partial charge on any atom is 0.255 e. The number of nitrogens with zero attached hydrogens (tertiary/aromatic N) is 1. The van der Waals surface area contributed by atoms with Crippen LogP contribution >= 0.6 is 0 Å². The Morgan fingerprint density at radius 2 is 1.59 bits per heavy atom. The van der Waals surface area contributed by atoms with Crippen molar-refractivity contribution in [3.8, 4) is 11.5 Å². The van der Waals surface area contributed by atoms with Crippen LogP contribution in [0.5, 0.6) is 11.5 Å². The van der Waals surface area contributed by atoms with Gasteiger partial charge in [-0.05, 0) is 60.5 Å². The second-order valence-electron chi connectivity index (χ2n) is 8.74. The van der Waals surface area contributed by atoms with Crippen LogP contribution < -0.4 is 20.1 Å². The standard InChI is InChI=1S/C28H31N3O7S/c1-36-25-12-7-20(19-26(25)37-2)13-14-29-28(33)23-5-3-4-6-24(23)30-27(32)21-8-10-22(11-9-21)39(34,35)31-15-17-38-18-16-31/h3-12,19H,13-18H2,1-2H3,(H,29,33)(H,30,32). The summed E-state index contributed by atoms with van der Waals surface area (Å²) in [6.07, 6.45) is 0.570. The van der Waals surface area contributed by atoms with E-state index in [0.29, 0.717) is 48.9 Å². The normalized spacial score (nSPS) is 13.9. The predicted octanol–water partition coefficient (Wildman–Crippen LogP) is 2.95. The average molecular weight is 554 g/mol. The molecule has 206 valence electrons. The molecule has 0 unspecified atom stereocenters. The van der Waals surface area contributed by atoms with E-state index in [1.807, 2.05) is 18.2 Å². The summed E-state index contributed by atoms with van der Waals surface area (Å²) in [6.45, 7) is 1.65. The summed E-state index contributed by atoms with van der Waals surface area (Å²) in [5.74, 6) is 0.443. The molecule has 3 aromatic carbocycles. The summed E-state index contributed by atoms with van der Waals surface area (Å²) in [4.78, 5) is 25.9. The van der Waals surface area contributed by atoms with Crippen molar-refractivity contribution in [2.24, 2.45) is 0 Å². The first-order valence-corrected chi connectivity index (χ1v) is 13.8. The van der Waals surface area contributed by atoms with Crippen LogP contribution in [0.15, 0.2) is 71.6 Å². The number of para-hydroxylation sites is 1. The number of carbonyl (C=O) groups excluding carboxylic acids is 2. The van der Waals surface area contributed by atoms with Crippen LogP contribution in [0.3, 0.4) is 0 Å². The molecule has 0 spiro atoms. The Bertz CT molecular complexity index is 1420. The zero-order valence-corrected chi connectivity index (χ0v) is 22.6. The van der Waals surface area contributed by atoms with Crippen LogP contribution in [0.4, 0.5) is 5.69 Å². The fourth-order valence-electron chi connectivity index (χ4n) is 4.15. The SMILES string of the molecule is COc1ccc(CCNC(=O)c2ccccc2NC(=O)c2ccc(S(=O)(=O)N3CCOCC3)cc2)cc1OC. The molecule has 1 saturated heterocycles. The first-order chi connectivity index (χ1) is 18.8. The van der Waals surface area contributed by atoms with Crippen LogP contribution in [-0.4, -0.2) is 71.6 Å². The molecule has 3 aromatic rings. The first kappa shape index (κ1) is 28.1. The fraction of sp³-hybridized carbons (Fsp3) is 0.286. The van der Waals surface area contributed by atoms with Crippen molar-refractivity contribution >= 4 is 27.5 Å². The zero-order valence-electron chi connectivity index (χ0n) is 21.8. The van der Waals surface area contributed by atoms with E-state index in [-0.39, 0.29) is 29.5 Å². The molecule has 1 heterocycles. The van der Waals surface area contributed by atoms with E-state index in [2.05, 4.69) is 10.6 Å². The Morgan fingerprint density at radius 3 is 2.28 bits per heavy atom. The molecule has 0 aliphatic carbocycles. The van der Waals surface area contributed by atoms with E-state index >= 15 is 0 Å². The number of hydrogen-bond acceptors (Lipinski definition) is 7. The molecule has 0 atom stereocenters. The van der Waals surface area contributed by atoms with Gasteiger partial charge < -0.3 is 24.8 Å². The highest BCUT2D eigenvalue weighted by Crippen LogP contribution is 2.27. The molecule has 0 saturated carbocycles. The largest absolute Gasteiger partial charge is 0.493 e. The van der Waals surface area contributed by atoms with Gasteiger partial charge in [-0.15, -0.1) is 0 Å². The number of benzene rings is 3. The number of sulfonamides is 1. The van der Waals surface area contributed by atoms with Gasteiger partial charge in [-0.25, -0.2) is 8.42 Å². The Kier molecular flexibility index (Phi) is 9.18. The van der Waals surface area contributed by atoms with E-state index < -0.39 is 15.9 Å². The molecular weight excluding hydrogens is 522 g/mol. The van der Waals surface area contributed by atoms with Gasteiger partial charge in [0.15, 0.2) is 11.5 Å². The van der Waals surface area contributed by atoms with Gasteiger partial charge >= 0.3 is 0 Å². The van der Waals surface area contributed by atoms with Crippen molar-refractivity contribution in [2.45, 2.75) is 11.3 Å². The molecule has 10 nitrogen and oxygen atoms in total. The summed E-state index contributed by atoms with van der Waals surface area (Å²) in [5.41, 5.74) is 1.88. The van der Waals surface area contributed by atoms with E-state index in [4.69, 9.17) is 14.2 Å². The van der Waals surface area contributed by atoms with E-state index in [1.54, 1.807) is 38.5 Å². The lowest BCUT2D eigenvalue weighted by atomic mass is 10.1. The summed E-state index contributed by atoms with van der Waals surface area (Å²) < 4.78 is 42.8. The highest BCUT2D eigenvalue weighted by Gasteiger charge is 2.26. The Labute approximate surface area is 227 Å². The molecular formula is C28H31N3O7S. The van der Waals surface area contributed by atoms with Gasteiger partial charge in [0.25, 0.3) is 11.8 Å². The molecule has 1 fully saturated rings. The number of anilines is 1. The van der Waals surface area contributed by atoms with Crippen LogP contribution in [0, 0.1) is 0 Å². The van der Waals surface area contributed by atoms with Crippen molar-refractivity contribution in [2.75, 3.05) is 52.4 Å². The van der Waals surface area contributed by atoms with Gasteiger partial charge in [0.2, 0.25) is 10.0 Å². The summed E-state index contributed by atoms with van der Waals surface area (Å²) >= 11 is 0. The number of methoxy groups -OCH3 is 2. The molecule has 4 rings (SSSR count). The second-order valence-corrected chi connectivity index (χ2v) is 10.7. The number of rotatable bonds is 10. The van der Waals surface area contributed by atoms with Crippen LogP contribution in [-0.2, 0) is 21.2 Å². The maximum atomic E-state index is 12.9. The van der Waals surface area contributed by atoms with Gasteiger partial charge in [0, 0.05) is 25.2 Å². The first-order valence-electron chi connectivity index (χ1n) is 12.4. The highest BCUT2D eigenvalue weighted by molar-refractivity contribution is 7.89. The molecule has 2 amide bonds. The van der Waals surface area contributed by atoms with Crippen molar-refractivity contribution in [1.29, 1.82) is 0 Å². The van der Waals surface area contributed by atoms with Gasteiger partial charge in [0.1, 0.15) is 0 Å². The minimum absolute atomic E-state index is 0.107. The lowest BCUT2D eigenvalue weighted by molar-refractivity contribution is 0.0730. The Balaban J connectivity index is 1.38. The molecule has 2 N–H and O–H groups in total. The third-order valence-corrected chi connectivity index (χ3v) is 8.20. The minimum Gasteiger partial charge on any atom is -0.493 e. The molecule has 0 aromatic heterocycles. The van der Waals surface area contributed by atoms with Crippen molar-refractivity contribution in [3.05, 3.63) is 83.4 Å². The summed E-state index contributed by atoms with van der Waals surface area (Å²) in [5, 5.41) is 5.64. The summed E-state index contributed by atoms with van der Waals surface area (Å²) in [6, 6.07) is 18.0. The topological polar surface area (TPSA) is 123 Å². The van der Waals surface area contributed by atoms with Crippen LogP contribution in [0.1, 0.15) is 26.3 Å². The molecule has 1 aliphatic heterocycles. The number of morpholine rings is 1. The Morgan fingerprint density at radius 1 is 0.897 bits per heavy atom. The minimum atomic E-state index is -3.66. The van der Waals surface area contributed by atoms with Crippen molar-refractivity contribution < 1.29 is 32.2 Å². The van der Waals surface area contributed by atoms with Gasteiger partial charge in [0.05, 0.1) is 43.6 Å². The molecule has 39 heavy (non-hydrogen) atoms. The lowest BCUT2D eigenvalue weighted by Gasteiger charge is -2.26. The van der Waals surface area contributed by atoms with Gasteiger partial charge in [-0.3, -0.25) is 9.59 Å². The third-order valence-electron chi connectivity index (χ3n) is 6.29. The monoisotopic (exact) mass is 553 g/mol. The molecule has 0 bridgehead atoms. The van der Waals surface area contributed by atoms with Gasteiger partial charge in [-0.1, -0.05) is 18.2 Å². The van der Waals surface area contributed by atoms with Crippen LogP contribution in [0.25, 0.3) is 0 Å². The number of amides is 2. The maximum absolute atomic E-state index is 12.9. The second kappa shape index (κ2) is 12.7. The predicted molar refractivity (Wildman–Crippen MR) is 146 cm³/mol. The highest BCUT2D eigenvalue weighted by atomic mass is 32.2. The fourth-order valence-corrected chi connectivity index (χ4v) is 5.56. The van der Waals surface area contributed by atoms with Crippen molar-refractivity contribution in [1.82, 2.24) is 9.62 Å². The average Bonchev–Trinajstić information content (AvgIpc) is 2.97. The third kappa shape index (κ3) is 6.75. The summed E-state index contributed by atoms with van der Waals surface area (Å²) in [7, 11) is -0.527. The number of carbonyl (C=O) groups is 2. The molecule has 0 radical (unpaired) electrons. The number of nitrogens with one attached hydrogen (secondary N) is 2. The molecule has 11 heteroatoms. The lowest BCUT2D eigenvalue weighted by Crippen LogP contribution is -2.40. The molecule has 1 aliphatic rings. The zero-order chi connectivity index (χ0) is 27.8. The van der Waals surface area contributed by atoms with Crippen molar-refractivity contribution in [3.63, 3.8) is 0 Å².